The third-order valence-electron chi connectivity index (χ3n) is 7.19. The molecule has 3 rings (SSSR count). The molecule has 0 atom stereocenters. The molecule has 1 aliphatic rings. The molecule has 0 bridgehead atoms. The van der Waals surface area contributed by atoms with Crippen LogP contribution >= 0.6 is 0 Å². The minimum atomic E-state index is -0.429. The highest BCUT2D eigenvalue weighted by atomic mass is 16.5. The Hall–Kier alpha value is -2.82. The van der Waals surface area contributed by atoms with Gasteiger partial charge in [0.25, 0.3) is 0 Å². The molecule has 2 aromatic rings. The van der Waals surface area contributed by atoms with Crippen LogP contribution < -0.4 is 10.6 Å². The lowest BCUT2D eigenvalue weighted by molar-refractivity contribution is -0.116. The second-order valence-electron chi connectivity index (χ2n) is 10.9. The highest BCUT2D eigenvalue weighted by molar-refractivity contribution is 5.98. The zero-order chi connectivity index (χ0) is 25.1. The zero-order valence-electron chi connectivity index (χ0n) is 21.9. The fourth-order valence-electron chi connectivity index (χ4n) is 4.75. The number of fused-ring (bicyclic) bond motifs is 1. The summed E-state index contributed by atoms with van der Waals surface area (Å²) in [6.45, 7) is 13.5. The lowest BCUT2D eigenvalue weighted by Crippen LogP contribution is -2.34. The Morgan fingerprint density at radius 3 is 2.18 bits per heavy atom. The number of anilines is 3. The number of hydrogen-bond donors (Lipinski definition) is 2. The zero-order valence-corrected chi connectivity index (χ0v) is 21.9. The van der Waals surface area contributed by atoms with Crippen LogP contribution in [0.1, 0.15) is 100 Å². The molecule has 0 unspecified atom stereocenters. The maximum atomic E-state index is 12.6. The smallest absolute Gasteiger partial charge is 0.337 e. The number of hydrogen-bond acceptors (Lipinski definition) is 4. The summed E-state index contributed by atoms with van der Waals surface area (Å²) in [5, 5.41) is 6.56. The van der Waals surface area contributed by atoms with Gasteiger partial charge in [-0.15, -0.1) is 0 Å². The number of methoxy groups -OCH3 is 1. The predicted octanol–water partition coefficient (Wildman–Crippen LogP) is 7.39. The van der Waals surface area contributed by atoms with Crippen molar-refractivity contribution in [3.8, 4) is 0 Å². The van der Waals surface area contributed by atoms with Crippen LogP contribution in [0.25, 0.3) is 0 Å². The van der Waals surface area contributed by atoms with Crippen molar-refractivity contribution in [2.75, 3.05) is 17.7 Å². The number of esters is 1. The molecular formula is C29H40N2O3. The molecule has 5 heteroatoms. The second kappa shape index (κ2) is 10.2. The van der Waals surface area contributed by atoms with Crippen molar-refractivity contribution >= 4 is 28.9 Å². The summed E-state index contributed by atoms with van der Waals surface area (Å²) in [4.78, 5) is 24.7. The van der Waals surface area contributed by atoms with Gasteiger partial charge in [0.15, 0.2) is 0 Å². The van der Waals surface area contributed by atoms with Crippen LogP contribution in [0.15, 0.2) is 30.3 Å². The monoisotopic (exact) mass is 464 g/mol. The first-order valence-corrected chi connectivity index (χ1v) is 12.4. The number of unbranched alkanes of at least 4 members (excludes halogenated alkanes) is 2. The molecule has 34 heavy (non-hydrogen) atoms. The van der Waals surface area contributed by atoms with Gasteiger partial charge in [0.2, 0.25) is 5.91 Å². The molecule has 2 aromatic carbocycles. The lowest BCUT2D eigenvalue weighted by atomic mass is 9.63. The maximum Gasteiger partial charge on any atom is 0.337 e. The molecule has 0 spiro atoms. The number of aryl methyl sites for hydroxylation is 1. The van der Waals surface area contributed by atoms with Crippen LogP contribution in [-0.2, 0) is 20.4 Å². The van der Waals surface area contributed by atoms with Crippen molar-refractivity contribution < 1.29 is 14.3 Å². The largest absolute Gasteiger partial charge is 0.465 e. The van der Waals surface area contributed by atoms with Gasteiger partial charge in [-0.3, -0.25) is 4.79 Å². The third kappa shape index (κ3) is 5.63. The van der Waals surface area contributed by atoms with Crippen LogP contribution in [0.5, 0.6) is 0 Å². The third-order valence-corrected chi connectivity index (χ3v) is 7.19. The van der Waals surface area contributed by atoms with Gasteiger partial charge in [-0.25, -0.2) is 4.79 Å². The summed E-state index contributed by atoms with van der Waals surface area (Å²) in [6, 6.07) is 9.83. The number of nitrogens with one attached hydrogen (secondary N) is 2. The highest BCUT2D eigenvalue weighted by Crippen LogP contribution is 2.47. The fraction of sp³-hybridized carbons (Fsp3) is 0.517. The van der Waals surface area contributed by atoms with Crippen molar-refractivity contribution in [2.45, 2.75) is 90.9 Å². The molecule has 2 N–H and O–H groups in total. The molecule has 0 saturated carbocycles. The number of carbonyl (C=O) groups excluding carboxylic acids is 2. The van der Waals surface area contributed by atoms with Crippen LogP contribution in [-0.4, -0.2) is 19.0 Å². The van der Waals surface area contributed by atoms with Crippen molar-refractivity contribution in [1.82, 2.24) is 0 Å². The molecule has 0 aromatic heterocycles. The van der Waals surface area contributed by atoms with E-state index in [1.807, 2.05) is 6.07 Å². The Morgan fingerprint density at radius 1 is 0.912 bits per heavy atom. The van der Waals surface area contributed by atoms with Gasteiger partial charge in [-0.2, -0.15) is 0 Å². The van der Waals surface area contributed by atoms with Gasteiger partial charge in [-0.1, -0.05) is 53.5 Å². The predicted molar refractivity (Wildman–Crippen MR) is 140 cm³/mol. The van der Waals surface area contributed by atoms with Crippen molar-refractivity contribution in [3.05, 3.63) is 52.6 Å². The van der Waals surface area contributed by atoms with E-state index in [0.29, 0.717) is 17.7 Å². The summed E-state index contributed by atoms with van der Waals surface area (Å²) in [5.41, 5.74) is 6.94. The standard InChI is InChI=1S/C29H40N2O3/c1-8-9-10-11-26(32)31-25-17-20(27(33)34-7)12-13-23(25)30-24-18-22-21(16-19(24)2)28(3,4)14-15-29(22,5)6/h12-13,16-18,30H,8-11,14-15H2,1-7H3,(H,31,32). The number of carbonyl (C=O) groups is 2. The summed E-state index contributed by atoms with van der Waals surface area (Å²) < 4.78 is 4.89. The van der Waals surface area contributed by atoms with Gasteiger partial charge in [-0.05, 0) is 78.0 Å². The van der Waals surface area contributed by atoms with Crippen LogP contribution in [0.2, 0.25) is 0 Å². The molecule has 1 amide bonds. The van der Waals surface area contributed by atoms with Crippen LogP contribution in [0.4, 0.5) is 17.1 Å². The summed E-state index contributed by atoms with van der Waals surface area (Å²) in [6.07, 6.45) is 5.68. The molecule has 0 saturated heterocycles. The van der Waals surface area contributed by atoms with E-state index in [2.05, 4.69) is 64.3 Å². The quantitative estimate of drug-likeness (QED) is 0.316. The highest BCUT2D eigenvalue weighted by Gasteiger charge is 2.37. The number of rotatable bonds is 8. The van der Waals surface area contributed by atoms with E-state index < -0.39 is 5.97 Å². The Labute approximate surface area is 204 Å². The topological polar surface area (TPSA) is 67.4 Å². The average molecular weight is 465 g/mol. The van der Waals surface area contributed by atoms with Crippen LogP contribution in [0.3, 0.4) is 0 Å². The van der Waals surface area contributed by atoms with E-state index in [0.717, 1.165) is 42.6 Å². The van der Waals surface area contributed by atoms with Crippen molar-refractivity contribution in [2.24, 2.45) is 0 Å². The molecule has 1 aliphatic carbocycles. The number of benzene rings is 2. The van der Waals surface area contributed by atoms with Gasteiger partial charge < -0.3 is 15.4 Å². The first-order chi connectivity index (χ1) is 16.0. The van der Waals surface area contributed by atoms with E-state index in [9.17, 15) is 9.59 Å². The summed E-state index contributed by atoms with van der Waals surface area (Å²) in [7, 11) is 1.36. The Kier molecular flexibility index (Phi) is 7.74. The second-order valence-corrected chi connectivity index (χ2v) is 10.9. The molecular weight excluding hydrogens is 424 g/mol. The molecule has 184 valence electrons. The van der Waals surface area contributed by atoms with Crippen molar-refractivity contribution in [1.29, 1.82) is 0 Å². The molecule has 5 nitrogen and oxygen atoms in total. The molecule has 0 fully saturated rings. The fourth-order valence-corrected chi connectivity index (χ4v) is 4.75. The van der Waals surface area contributed by atoms with Crippen LogP contribution in [0, 0.1) is 6.92 Å². The molecule has 0 radical (unpaired) electrons. The van der Waals surface area contributed by atoms with E-state index >= 15 is 0 Å². The van der Waals surface area contributed by atoms with Gasteiger partial charge in [0.1, 0.15) is 0 Å². The first kappa shape index (κ1) is 25.8. The average Bonchev–Trinajstić information content (AvgIpc) is 2.78. The van der Waals surface area contributed by atoms with E-state index in [-0.39, 0.29) is 16.7 Å². The number of amides is 1. The minimum Gasteiger partial charge on any atom is -0.465 e. The van der Waals surface area contributed by atoms with E-state index in [1.165, 1.54) is 24.7 Å². The lowest BCUT2D eigenvalue weighted by Gasteiger charge is -2.42. The number of ether oxygens (including phenoxy) is 1. The first-order valence-electron chi connectivity index (χ1n) is 12.4. The molecule has 0 heterocycles. The summed E-state index contributed by atoms with van der Waals surface area (Å²) >= 11 is 0. The van der Waals surface area contributed by atoms with E-state index in [1.54, 1.807) is 12.1 Å². The van der Waals surface area contributed by atoms with Gasteiger partial charge in [0, 0.05) is 12.1 Å². The minimum absolute atomic E-state index is 0.0523. The van der Waals surface area contributed by atoms with E-state index in [4.69, 9.17) is 4.74 Å². The van der Waals surface area contributed by atoms with Crippen molar-refractivity contribution in [3.63, 3.8) is 0 Å². The summed E-state index contributed by atoms with van der Waals surface area (Å²) in [5.74, 6) is -0.481. The SMILES string of the molecule is CCCCCC(=O)Nc1cc(C(=O)OC)ccc1Nc1cc2c(cc1C)C(C)(C)CCC2(C)C. The normalized spacial score (nSPS) is 15.9. The Morgan fingerprint density at radius 2 is 1.56 bits per heavy atom. The van der Waals surface area contributed by atoms with Gasteiger partial charge in [0.05, 0.1) is 24.0 Å². The Balaban J connectivity index is 1.98. The van der Waals surface area contributed by atoms with Gasteiger partial charge >= 0.3 is 5.97 Å². The Bertz CT molecular complexity index is 1070. The molecule has 0 aliphatic heterocycles. The maximum absolute atomic E-state index is 12.6.